The van der Waals surface area contributed by atoms with Crippen LogP contribution >= 0.6 is 0 Å². The zero-order valence-corrected chi connectivity index (χ0v) is 23.7. The van der Waals surface area contributed by atoms with Crippen LogP contribution in [0, 0.1) is 13.8 Å². The highest BCUT2D eigenvalue weighted by Crippen LogP contribution is 2.30. The van der Waals surface area contributed by atoms with Gasteiger partial charge in [-0.1, -0.05) is 18.2 Å². The lowest BCUT2D eigenvalue weighted by Crippen LogP contribution is -2.56. The first-order valence-corrected chi connectivity index (χ1v) is 14.0. The minimum absolute atomic E-state index is 0.0137. The van der Waals surface area contributed by atoms with Crippen molar-refractivity contribution in [2.75, 3.05) is 36.8 Å². The first kappa shape index (κ1) is 27.1. The van der Waals surface area contributed by atoms with Gasteiger partial charge in [0.1, 0.15) is 16.8 Å². The third-order valence-corrected chi connectivity index (χ3v) is 7.81. The van der Waals surface area contributed by atoms with Gasteiger partial charge in [0, 0.05) is 50.7 Å². The Labute approximate surface area is 232 Å². The number of likely N-dealkylation sites (tertiary alicyclic amines) is 1. The van der Waals surface area contributed by atoms with E-state index < -0.39 is 10.0 Å². The van der Waals surface area contributed by atoms with Crippen LogP contribution in [0.15, 0.2) is 59.9 Å². The van der Waals surface area contributed by atoms with Gasteiger partial charge in [-0.15, -0.1) is 0 Å². The predicted octanol–water partition coefficient (Wildman–Crippen LogP) is 2.66. The summed E-state index contributed by atoms with van der Waals surface area (Å²) >= 11 is 0. The fraction of sp³-hybridized carbons (Fsp3) is 0.296. The van der Waals surface area contributed by atoms with E-state index in [9.17, 15) is 13.2 Å². The molecule has 0 spiro atoms. The molecule has 3 aromatic heterocycles. The quantitative estimate of drug-likeness (QED) is 0.344. The third-order valence-electron chi connectivity index (χ3n) is 6.53. The number of anilines is 2. The van der Waals surface area contributed by atoms with Crippen molar-refractivity contribution in [3.8, 4) is 17.1 Å². The Balaban J connectivity index is 1.38. The number of amides is 1. The van der Waals surface area contributed by atoms with Crippen molar-refractivity contribution >= 4 is 27.7 Å². The average molecular weight is 563 g/mol. The molecule has 1 fully saturated rings. The molecule has 1 aliphatic heterocycles. The number of aromatic nitrogens is 5. The van der Waals surface area contributed by atoms with E-state index >= 15 is 0 Å². The van der Waals surface area contributed by atoms with E-state index in [1.165, 1.54) is 17.1 Å². The fourth-order valence-electron chi connectivity index (χ4n) is 4.42. The zero-order valence-electron chi connectivity index (χ0n) is 22.9. The van der Waals surface area contributed by atoms with Gasteiger partial charge in [-0.05, 0) is 37.1 Å². The Bertz CT molecular complexity index is 1660. The minimum atomic E-state index is -3.98. The van der Waals surface area contributed by atoms with Crippen LogP contribution in [0.25, 0.3) is 11.3 Å². The molecule has 0 radical (unpaired) electrons. The Morgan fingerprint density at radius 3 is 2.48 bits per heavy atom. The van der Waals surface area contributed by atoms with E-state index in [1.54, 1.807) is 36.3 Å². The van der Waals surface area contributed by atoms with E-state index in [2.05, 4.69) is 24.8 Å². The highest BCUT2D eigenvalue weighted by Gasteiger charge is 2.34. The van der Waals surface area contributed by atoms with Gasteiger partial charge in [0.2, 0.25) is 11.8 Å². The molecular weight excluding hydrogens is 532 g/mol. The van der Waals surface area contributed by atoms with Crippen molar-refractivity contribution in [3.05, 3.63) is 71.7 Å². The molecule has 0 aliphatic carbocycles. The molecule has 0 unspecified atom stereocenters. The SMILES string of the molecule is Cc1cccc(C)c1-c1cc(OC2CN(C(=O)c3ccnc(N(C)C)c3)C2)nc(NS(=O)(=O)c2cnn(C)c2)n1. The molecule has 1 N–H and O–H groups in total. The van der Waals surface area contributed by atoms with Crippen LogP contribution in [0.1, 0.15) is 21.5 Å². The van der Waals surface area contributed by atoms with Crippen molar-refractivity contribution in [3.63, 3.8) is 0 Å². The molecule has 40 heavy (non-hydrogen) atoms. The van der Waals surface area contributed by atoms with Gasteiger partial charge < -0.3 is 14.5 Å². The van der Waals surface area contributed by atoms with Crippen LogP contribution in [0.5, 0.6) is 5.88 Å². The van der Waals surface area contributed by atoms with Crippen LogP contribution < -0.4 is 14.4 Å². The monoisotopic (exact) mass is 562 g/mol. The smallest absolute Gasteiger partial charge is 0.267 e. The molecule has 0 bridgehead atoms. The molecule has 0 atom stereocenters. The van der Waals surface area contributed by atoms with Gasteiger partial charge in [-0.25, -0.2) is 23.1 Å². The van der Waals surface area contributed by atoms with E-state index in [0.717, 1.165) is 16.7 Å². The lowest BCUT2D eigenvalue weighted by Gasteiger charge is -2.38. The summed E-state index contributed by atoms with van der Waals surface area (Å²) in [7, 11) is 1.38. The van der Waals surface area contributed by atoms with Crippen molar-refractivity contribution in [1.29, 1.82) is 0 Å². The summed E-state index contributed by atoms with van der Waals surface area (Å²) < 4.78 is 35.9. The molecule has 208 valence electrons. The number of benzene rings is 1. The number of nitrogens with one attached hydrogen (secondary N) is 1. The molecule has 13 heteroatoms. The number of hydrogen-bond acceptors (Lipinski definition) is 9. The second-order valence-electron chi connectivity index (χ2n) is 9.88. The normalized spacial score (nSPS) is 13.6. The lowest BCUT2D eigenvalue weighted by molar-refractivity contribution is 0.0160. The van der Waals surface area contributed by atoms with Crippen LogP contribution in [-0.4, -0.2) is 77.2 Å². The maximum Gasteiger partial charge on any atom is 0.267 e. The van der Waals surface area contributed by atoms with Crippen LogP contribution in [0.4, 0.5) is 11.8 Å². The minimum Gasteiger partial charge on any atom is -0.470 e. The number of sulfonamides is 1. The number of carbonyl (C=O) groups is 1. The van der Waals surface area contributed by atoms with Gasteiger partial charge >= 0.3 is 0 Å². The van der Waals surface area contributed by atoms with Gasteiger partial charge in [0.05, 0.1) is 25.0 Å². The van der Waals surface area contributed by atoms with Crippen LogP contribution in [0.3, 0.4) is 0 Å². The van der Waals surface area contributed by atoms with E-state index in [0.29, 0.717) is 30.2 Å². The Hall–Kier alpha value is -4.52. The maximum atomic E-state index is 13.0. The number of ether oxygens (including phenoxy) is 1. The highest BCUT2D eigenvalue weighted by molar-refractivity contribution is 7.92. The van der Waals surface area contributed by atoms with E-state index in [1.807, 2.05) is 51.0 Å². The van der Waals surface area contributed by atoms with Crippen molar-refractivity contribution in [2.45, 2.75) is 24.8 Å². The summed E-state index contributed by atoms with van der Waals surface area (Å²) in [5.74, 6) is 0.654. The summed E-state index contributed by atoms with van der Waals surface area (Å²) in [6.07, 6.45) is 3.93. The molecule has 4 heterocycles. The summed E-state index contributed by atoms with van der Waals surface area (Å²) in [5.41, 5.74) is 3.87. The molecule has 1 aromatic carbocycles. The van der Waals surface area contributed by atoms with Crippen molar-refractivity contribution in [2.24, 2.45) is 7.05 Å². The standard InChI is InChI=1S/C27H30N8O4S/c1-17-7-6-8-18(2)25(17)22-12-24(31-27(30-22)32-40(37,38)21-13-29-34(5)16-21)39-20-14-35(15-20)26(36)19-9-10-28-23(11-19)33(3)4/h6-13,16,20H,14-15H2,1-5H3,(H,30,31,32). The average Bonchev–Trinajstić information content (AvgIpc) is 3.32. The van der Waals surface area contributed by atoms with E-state index in [4.69, 9.17) is 4.74 Å². The van der Waals surface area contributed by atoms with Crippen LogP contribution in [-0.2, 0) is 17.1 Å². The molecule has 1 amide bonds. The third kappa shape index (κ3) is 5.59. The van der Waals surface area contributed by atoms with E-state index in [-0.39, 0.29) is 28.7 Å². The molecule has 4 aromatic rings. The van der Waals surface area contributed by atoms with Crippen molar-refractivity contribution < 1.29 is 17.9 Å². The second kappa shape index (κ2) is 10.6. The topological polar surface area (TPSA) is 135 Å². The zero-order chi connectivity index (χ0) is 28.6. The molecule has 5 rings (SSSR count). The Kier molecular flexibility index (Phi) is 7.15. The van der Waals surface area contributed by atoms with Gasteiger partial charge in [-0.2, -0.15) is 10.1 Å². The Morgan fingerprint density at radius 2 is 1.82 bits per heavy atom. The fourth-order valence-corrected chi connectivity index (χ4v) is 5.35. The number of rotatable bonds is 8. The number of nitrogens with zero attached hydrogens (tertiary/aromatic N) is 7. The van der Waals surface area contributed by atoms with Gasteiger partial charge in [0.15, 0.2) is 0 Å². The number of aryl methyl sites for hydroxylation is 3. The summed E-state index contributed by atoms with van der Waals surface area (Å²) in [6.45, 7) is 4.64. The Morgan fingerprint density at radius 1 is 1.10 bits per heavy atom. The summed E-state index contributed by atoms with van der Waals surface area (Å²) in [5, 5.41) is 3.94. The van der Waals surface area contributed by atoms with Gasteiger partial charge in [0.25, 0.3) is 15.9 Å². The van der Waals surface area contributed by atoms with Crippen LogP contribution in [0.2, 0.25) is 0 Å². The molecule has 1 saturated heterocycles. The number of pyridine rings is 1. The largest absolute Gasteiger partial charge is 0.470 e. The molecule has 0 saturated carbocycles. The number of hydrogen-bond donors (Lipinski definition) is 1. The van der Waals surface area contributed by atoms with Crippen molar-refractivity contribution in [1.82, 2.24) is 29.6 Å². The first-order chi connectivity index (χ1) is 19.0. The maximum absolute atomic E-state index is 13.0. The summed E-state index contributed by atoms with van der Waals surface area (Å²) in [6, 6.07) is 11.0. The second-order valence-corrected chi connectivity index (χ2v) is 11.6. The molecule has 12 nitrogen and oxygen atoms in total. The predicted molar refractivity (Wildman–Crippen MR) is 150 cm³/mol. The number of carbonyl (C=O) groups excluding carboxylic acids is 1. The molecule has 1 aliphatic rings. The molecular formula is C27H30N8O4S. The van der Waals surface area contributed by atoms with Gasteiger partial charge in [-0.3, -0.25) is 9.48 Å². The lowest BCUT2D eigenvalue weighted by atomic mass is 10.00. The first-order valence-electron chi connectivity index (χ1n) is 12.6. The highest BCUT2D eigenvalue weighted by atomic mass is 32.2. The summed E-state index contributed by atoms with van der Waals surface area (Å²) in [4.78, 5) is 29.6.